The van der Waals surface area contributed by atoms with Crippen LogP contribution >= 0.6 is 11.3 Å². The normalized spacial score (nSPS) is 24.6. The van der Waals surface area contributed by atoms with Crippen molar-refractivity contribution in [3.8, 4) is 0 Å². The van der Waals surface area contributed by atoms with Crippen molar-refractivity contribution in [2.45, 2.75) is 32.4 Å². The third kappa shape index (κ3) is 2.60. The first-order valence-electron chi connectivity index (χ1n) is 5.65. The van der Waals surface area contributed by atoms with E-state index in [-0.39, 0.29) is 0 Å². The average molecular weight is 224 g/mol. The number of aryl methyl sites for hydroxylation is 1. The Morgan fingerprint density at radius 2 is 2.40 bits per heavy atom. The second kappa shape index (κ2) is 4.64. The molecule has 2 atom stereocenters. The summed E-state index contributed by atoms with van der Waals surface area (Å²) in [4.78, 5) is 3.88. The van der Waals surface area contributed by atoms with Crippen molar-refractivity contribution in [2.24, 2.45) is 0 Å². The van der Waals surface area contributed by atoms with E-state index < -0.39 is 0 Å². The predicted octanol–water partition coefficient (Wildman–Crippen LogP) is 2.41. The van der Waals surface area contributed by atoms with Gasteiger partial charge in [-0.05, 0) is 50.9 Å². The zero-order chi connectivity index (χ0) is 10.8. The van der Waals surface area contributed by atoms with Crippen LogP contribution in [-0.2, 0) is 0 Å². The highest BCUT2D eigenvalue weighted by Gasteiger charge is 2.21. The molecule has 1 fully saturated rings. The second-order valence-corrected chi connectivity index (χ2v) is 5.55. The number of likely N-dealkylation sites (tertiary alicyclic amines) is 1. The lowest BCUT2D eigenvalue weighted by Gasteiger charge is -2.19. The number of rotatable bonds is 3. The molecule has 0 unspecified atom stereocenters. The van der Waals surface area contributed by atoms with Gasteiger partial charge in [0.25, 0.3) is 0 Å². The first-order valence-corrected chi connectivity index (χ1v) is 6.53. The molecule has 1 aromatic heterocycles. The minimum absolute atomic E-state index is 0.501. The van der Waals surface area contributed by atoms with Gasteiger partial charge in [0, 0.05) is 23.5 Å². The fraction of sp³-hybridized carbons (Fsp3) is 0.667. The Morgan fingerprint density at radius 3 is 2.93 bits per heavy atom. The number of hydrogen-bond acceptors (Lipinski definition) is 3. The van der Waals surface area contributed by atoms with E-state index in [9.17, 15) is 0 Å². The maximum Gasteiger partial charge on any atom is 0.0391 e. The van der Waals surface area contributed by atoms with Gasteiger partial charge in [0.1, 0.15) is 0 Å². The summed E-state index contributed by atoms with van der Waals surface area (Å²) in [5.74, 6) is 0. The molecule has 2 rings (SSSR count). The SMILES string of the molecule is Cc1ccsc1[C@@H](C)N[C@@H]1CCN(C)C1. The van der Waals surface area contributed by atoms with Crippen LogP contribution < -0.4 is 5.32 Å². The molecular formula is C12H20N2S. The van der Waals surface area contributed by atoms with E-state index in [1.54, 1.807) is 0 Å². The summed E-state index contributed by atoms with van der Waals surface area (Å²) >= 11 is 1.87. The smallest absolute Gasteiger partial charge is 0.0391 e. The Labute approximate surface area is 96.3 Å². The summed E-state index contributed by atoms with van der Waals surface area (Å²) in [6.45, 7) is 6.89. The molecule has 0 bridgehead atoms. The van der Waals surface area contributed by atoms with E-state index in [0.29, 0.717) is 12.1 Å². The predicted molar refractivity (Wildman–Crippen MR) is 66.5 cm³/mol. The Morgan fingerprint density at radius 1 is 1.60 bits per heavy atom. The highest BCUT2D eigenvalue weighted by Crippen LogP contribution is 2.24. The molecule has 0 aromatic carbocycles. The highest BCUT2D eigenvalue weighted by atomic mass is 32.1. The minimum Gasteiger partial charge on any atom is -0.305 e. The lowest BCUT2D eigenvalue weighted by molar-refractivity contribution is 0.388. The molecule has 3 heteroatoms. The summed E-state index contributed by atoms with van der Waals surface area (Å²) < 4.78 is 0. The van der Waals surface area contributed by atoms with Crippen LogP contribution in [0.1, 0.15) is 29.8 Å². The molecule has 1 saturated heterocycles. The lowest BCUT2D eigenvalue weighted by atomic mass is 10.1. The monoisotopic (exact) mass is 224 g/mol. The maximum absolute atomic E-state index is 3.72. The van der Waals surface area contributed by atoms with E-state index in [4.69, 9.17) is 0 Å². The lowest BCUT2D eigenvalue weighted by Crippen LogP contribution is -2.33. The van der Waals surface area contributed by atoms with Gasteiger partial charge in [-0.3, -0.25) is 0 Å². The van der Waals surface area contributed by atoms with Crippen molar-refractivity contribution >= 4 is 11.3 Å². The number of nitrogens with one attached hydrogen (secondary N) is 1. The van der Waals surface area contributed by atoms with Gasteiger partial charge in [-0.2, -0.15) is 0 Å². The number of likely N-dealkylation sites (N-methyl/N-ethyl adjacent to an activating group) is 1. The van der Waals surface area contributed by atoms with Crippen LogP contribution in [0.3, 0.4) is 0 Å². The third-order valence-corrected chi connectivity index (χ3v) is 4.37. The Balaban J connectivity index is 1.92. The molecule has 0 amide bonds. The van der Waals surface area contributed by atoms with E-state index in [1.807, 2.05) is 11.3 Å². The zero-order valence-corrected chi connectivity index (χ0v) is 10.6. The number of hydrogen-bond donors (Lipinski definition) is 1. The molecule has 1 aliphatic rings. The number of thiophene rings is 1. The molecule has 0 saturated carbocycles. The van der Waals surface area contributed by atoms with Crippen LogP contribution in [0.15, 0.2) is 11.4 Å². The van der Waals surface area contributed by atoms with Crippen LogP contribution in [0.25, 0.3) is 0 Å². The fourth-order valence-electron chi connectivity index (χ4n) is 2.33. The largest absolute Gasteiger partial charge is 0.305 e. The molecule has 2 nitrogen and oxygen atoms in total. The first-order chi connectivity index (χ1) is 7.16. The van der Waals surface area contributed by atoms with E-state index in [1.165, 1.54) is 30.0 Å². The van der Waals surface area contributed by atoms with Crippen molar-refractivity contribution in [2.75, 3.05) is 20.1 Å². The van der Waals surface area contributed by atoms with Crippen LogP contribution in [0, 0.1) is 6.92 Å². The zero-order valence-electron chi connectivity index (χ0n) is 9.79. The summed E-state index contributed by atoms with van der Waals surface area (Å²) in [6, 6.07) is 3.38. The molecule has 1 N–H and O–H groups in total. The standard InChI is InChI=1S/C12H20N2S/c1-9-5-7-15-12(9)10(2)13-11-4-6-14(3)8-11/h5,7,10-11,13H,4,6,8H2,1-3H3/t10-,11-/m1/s1. The molecule has 0 aliphatic carbocycles. The summed E-state index contributed by atoms with van der Waals surface area (Å²) in [5, 5.41) is 5.91. The van der Waals surface area contributed by atoms with Gasteiger partial charge in [-0.25, -0.2) is 0 Å². The topological polar surface area (TPSA) is 15.3 Å². The van der Waals surface area contributed by atoms with Gasteiger partial charge in [0.2, 0.25) is 0 Å². The Bertz CT molecular complexity index is 321. The van der Waals surface area contributed by atoms with Gasteiger partial charge < -0.3 is 10.2 Å². The van der Waals surface area contributed by atoms with Crippen LogP contribution in [0.4, 0.5) is 0 Å². The maximum atomic E-state index is 3.72. The average Bonchev–Trinajstić information content (AvgIpc) is 2.75. The van der Waals surface area contributed by atoms with Crippen molar-refractivity contribution in [3.05, 3.63) is 21.9 Å². The summed E-state index contributed by atoms with van der Waals surface area (Å²) in [5.41, 5.74) is 1.42. The fourth-order valence-corrected chi connectivity index (χ4v) is 3.27. The van der Waals surface area contributed by atoms with E-state index in [0.717, 1.165) is 0 Å². The highest BCUT2D eigenvalue weighted by molar-refractivity contribution is 7.10. The molecule has 0 radical (unpaired) electrons. The van der Waals surface area contributed by atoms with Gasteiger partial charge in [0.05, 0.1) is 0 Å². The third-order valence-electron chi connectivity index (χ3n) is 3.17. The van der Waals surface area contributed by atoms with E-state index in [2.05, 4.69) is 42.6 Å². The number of nitrogens with zero attached hydrogens (tertiary/aromatic N) is 1. The van der Waals surface area contributed by atoms with Crippen LogP contribution in [0.5, 0.6) is 0 Å². The summed E-state index contributed by atoms with van der Waals surface area (Å²) in [7, 11) is 2.20. The molecule has 1 aromatic rings. The van der Waals surface area contributed by atoms with Crippen LogP contribution in [0.2, 0.25) is 0 Å². The molecule has 84 valence electrons. The second-order valence-electron chi connectivity index (χ2n) is 4.60. The van der Waals surface area contributed by atoms with Crippen molar-refractivity contribution in [1.29, 1.82) is 0 Å². The van der Waals surface area contributed by atoms with E-state index >= 15 is 0 Å². The molecule has 15 heavy (non-hydrogen) atoms. The summed E-state index contributed by atoms with van der Waals surface area (Å²) in [6.07, 6.45) is 1.28. The molecular weight excluding hydrogens is 204 g/mol. The van der Waals surface area contributed by atoms with Gasteiger partial charge >= 0.3 is 0 Å². The van der Waals surface area contributed by atoms with Gasteiger partial charge in [-0.15, -0.1) is 11.3 Å². The van der Waals surface area contributed by atoms with Crippen molar-refractivity contribution in [1.82, 2.24) is 10.2 Å². The molecule has 2 heterocycles. The minimum atomic E-state index is 0.501. The van der Waals surface area contributed by atoms with Gasteiger partial charge in [0.15, 0.2) is 0 Å². The van der Waals surface area contributed by atoms with Crippen molar-refractivity contribution in [3.63, 3.8) is 0 Å². The molecule has 0 spiro atoms. The molecule has 1 aliphatic heterocycles. The Hall–Kier alpha value is -0.380. The van der Waals surface area contributed by atoms with Crippen LogP contribution in [-0.4, -0.2) is 31.1 Å². The van der Waals surface area contributed by atoms with Crippen molar-refractivity contribution < 1.29 is 0 Å². The quantitative estimate of drug-likeness (QED) is 0.848. The Kier molecular flexibility index (Phi) is 3.44. The van der Waals surface area contributed by atoms with Gasteiger partial charge in [-0.1, -0.05) is 0 Å². The first kappa shape index (κ1) is 11.1.